The van der Waals surface area contributed by atoms with E-state index in [1.54, 1.807) is 4.90 Å². The summed E-state index contributed by atoms with van der Waals surface area (Å²) < 4.78 is 1.23. The highest BCUT2D eigenvalue weighted by Gasteiger charge is 2.22. The smallest absolute Gasteiger partial charge is 0.112 e. The van der Waals surface area contributed by atoms with Crippen LogP contribution in [0.5, 0.6) is 0 Å². The van der Waals surface area contributed by atoms with Gasteiger partial charge in [0.05, 0.1) is 18.0 Å². The molecule has 1 nitrogen and oxygen atoms in total. The van der Waals surface area contributed by atoms with Crippen molar-refractivity contribution in [3.05, 3.63) is 56.7 Å². The summed E-state index contributed by atoms with van der Waals surface area (Å²) in [4.78, 5) is 3.26. The van der Waals surface area contributed by atoms with Crippen molar-refractivity contribution in [1.82, 2.24) is 0 Å². The van der Waals surface area contributed by atoms with Crippen LogP contribution in [0, 0.1) is 5.92 Å². The Morgan fingerprint density at radius 2 is 1.90 bits per heavy atom. The molecule has 0 aliphatic carbocycles. The van der Waals surface area contributed by atoms with Crippen LogP contribution in [0.2, 0.25) is 0 Å². The fourth-order valence-corrected chi connectivity index (χ4v) is 4.63. The van der Waals surface area contributed by atoms with E-state index in [0.29, 0.717) is 0 Å². The lowest BCUT2D eigenvalue weighted by molar-refractivity contribution is -0.919. The molecule has 106 valence electrons. The number of halogens is 1. The number of hydrogen-bond acceptors (Lipinski definition) is 1. The first-order chi connectivity index (χ1) is 9.79. The number of rotatable bonds is 4. The van der Waals surface area contributed by atoms with Gasteiger partial charge in [-0.15, -0.1) is 11.3 Å². The third-order valence-corrected chi connectivity index (χ3v) is 5.92. The lowest BCUT2D eigenvalue weighted by Gasteiger charge is -2.29. The highest BCUT2D eigenvalue weighted by atomic mass is 79.9. The van der Waals surface area contributed by atoms with Crippen LogP contribution in [0.3, 0.4) is 0 Å². The Labute approximate surface area is 133 Å². The van der Waals surface area contributed by atoms with Gasteiger partial charge in [0, 0.05) is 9.85 Å². The Hall–Kier alpha value is -0.640. The van der Waals surface area contributed by atoms with E-state index in [1.165, 1.54) is 53.8 Å². The number of quaternary nitrogens is 1. The number of nitrogens with one attached hydrogen (secondary N) is 1. The van der Waals surface area contributed by atoms with E-state index in [4.69, 9.17) is 0 Å². The van der Waals surface area contributed by atoms with Gasteiger partial charge in [-0.3, -0.25) is 0 Å². The molecule has 1 saturated heterocycles. The van der Waals surface area contributed by atoms with Crippen molar-refractivity contribution in [1.29, 1.82) is 0 Å². The summed E-state index contributed by atoms with van der Waals surface area (Å²) in [5, 5.41) is 2.19. The van der Waals surface area contributed by atoms with Crippen LogP contribution >= 0.6 is 27.3 Å². The number of hydrogen-bond donors (Lipinski definition) is 1. The van der Waals surface area contributed by atoms with Crippen LogP contribution in [0.4, 0.5) is 0 Å². The number of likely N-dealkylation sites (tertiary alicyclic amines) is 1. The Balaban J connectivity index is 1.47. The first kappa shape index (κ1) is 14.3. The summed E-state index contributed by atoms with van der Waals surface area (Å²) >= 11 is 5.42. The SMILES string of the molecule is Brc1csc(C[NH+]2CCC(Cc3ccccc3)CC2)c1. The molecule has 1 aromatic carbocycles. The maximum Gasteiger partial charge on any atom is 0.112 e. The van der Waals surface area contributed by atoms with E-state index in [-0.39, 0.29) is 0 Å². The second kappa shape index (κ2) is 6.88. The highest BCUT2D eigenvalue weighted by molar-refractivity contribution is 9.10. The molecule has 0 amide bonds. The molecule has 0 radical (unpaired) electrons. The summed E-state index contributed by atoms with van der Waals surface area (Å²) in [6, 6.07) is 13.2. The van der Waals surface area contributed by atoms with Gasteiger partial charge in [-0.25, -0.2) is 0 Å². The van der Waals surface area contributed by atoms with Gasteiger partial charge in [0.2, 0.25) is 0 Å². The molecule has 2 aromatic rings. The van der Waals surface area contributed by atoms with Gasteiger partial charge in [0.1, 0.15) is 6.54 Å². The Morgan fingerprint density at radius 1 is 1.15 bits per heavy atom. The zero-order chi connectivity index (χ0) is 13.8. The second-order valence-corrected chi connectivity index (χ2v) is 7.70. The van der Waals surface area contributed by atoms with Crippen molar-refractivity contribution in [3.63, 3.8) is 0 Å². The quantitative estimate of drug-likeness (QED) is 0.859. The molecule has 3 heteroatoms. The number of benzene rings is 1. The van der Waals surface area contributed by atoms with Gasteiger partial charge >= 0.3 is 0 Å². The Kier molecular flexibility index (Phi) is 4.92. The van der Waals surface area contributed by atoms with Crippen molar-refractivity contribution in [2.75, 3.05) is 13.1 Å². The average Bonchev–Trinajstić information content (AvgIpc) is 2.88. The molecule has 0 spiro atoms. The normalized spacial score (nSPS) is 22.9. The number of piperidine rings is 1. The summed E-state index contributed by atoms with van der Waals surface area (Å²) in [6.07, 6.45) is 4.01. The minimum atomic E-state index is 0.885. The maximum absolute atomic E-state index is 3.54. The lowest BCUT2D eigenvalue weighted by Crippen LogP contribution is -3.11. The third kappa shape index (κ3) is 3.94. The lowest BCUT2D eigenvalue weighted by atomic mass is 9.90. The molecule has 1 N–H and O–H groups in total. The van der Waals surface area contributed by atoms with Gasteiger partial charge in [0.15, 0.2) is 0 Å². The molecule has 3 rings (SSSR count). The van der Waals surface area contributed by atoms with Crippen molar-refractivity contribution in [2.24, 2.45) is 5.92 Å². The summed E-state index contributed by atoms with van der Waals surface area (Å²) in [5.41, 5.74) is 1.50. The van der Waals surface area contributed by atoms with E-state index in [0.717, 1.165) is 5.92 Å². The molecule has 1 aromatic heterocycles. The second-order valence-electron chi connectivity index (χ2n) is 5.79. The number of thiophene rings is 1. The van der Waals surface area contributed by atoms with Crippen LogP contribution in [0.15, 0.2) is 46.3 Å². The third-order valence-electron chi connectivity index (χ3n) is 4.23. The Bertz CT molecular complexity index is 529. The van der Waals surface area contributed by atoms with Gasteiger partial charge in [-0.1, -0.05) is 30.3 Å². The maximum atomic E-state index is 3.54. The molecular weight excluding hydrogens is 330 g/mol. The molecule has 20 heavy (non-hydrogen) atoms. The molecule has 0 saturated carbocycles. The first-order valence-corrected chi connectivity index (χ1v) is 9.07. The predicted octanol–water partition coefficient (Wildman–Crippen LogP) is 3.55. The highest BCUT2D eigenvalue weighted by Crippen LogP contribution is 2.20. The topological polar surface area (TPSA) is 4.44 Å². The van der Waals surface area contributed by atoms with E-state index < -0.39 is 0 Å². The molecule has 1 aliphatic heterocycles. The zero-order valence-electron chi connectivity index (χ0n) is 11.6. The van der Waals surface area contributed by atoms with E-state index in [1.807, 2.05) is 11.3 Å². The summed E-state index contributed by atoms with van der Waals surface area (Å²) in [7, 11) is 0. The molecule has 1 fully saturated rings. The van der Waals surface area contributed by atoms with E-state index in [9.17, 15) is 0 Å². The zero-order valence-corrected chi connectivity index (χ0v) is 14.1. The van der Waals surface area contributed by atoms with Crippen molar-refractivity contribution in [2.45, 2.75) is 25.8 Å². The molecule has 0 atom stereocenters. The molecule has 0 bridgehead atoms. The van der Waals surface area contributed by atoms with Gasteiger partial charge < -0.3 is 4.90 Å². The van der Waals surface area contributed by atoms with E-state index in [2.05, 4.69) is 57.7 Å². The van der Waals surface area contributed by atoms with Gasteiger partial charge in [-0.05, 0) is 52.7 Å². The molecule has 2 heterocycles. The van der Waals surface area contributed by atoms with Gasteiger partial charge in [-0.2, -0.15) is 0 Å². The standard InChI is InChI=1S/C17H20BrNS/c18-16-11-17(20-13-16)12-19-8-6-15(7-9-19)10-14-4-2-1-3-5-14/h1-5,11,13,15H,6-10,12H2/p+1. The largest absolute Gasteiger partial charge is 0.331 e. The Morgan fingerprint density at radius 3 is 2.55 bits per heavy atom. The average molecular weight is 351 g/mol. The summed E-state index contributed by atoms with van der Waals surface area (Å²) in [5.74, 6) is 0.885. The first-order valence-electron chi connectivity index (χ1n) is 7.40. The predicted molar refractivity (Wildman–Crippen MR) is 89.3 cm³/mol. The molecular formula is C17H21BrNS+. The van der Waals surface area contributed by atoms with E-state index >= 15 is 0 Å². The van der Waals surface area contributed by atoms with Crippen molar-refractivity contribution < 1.29 is 4.90 Å². The molecule has 1 aliphatic rings. The fourth-order valence-electron chi connectivity index (χ4n) is 3.11. The summed E-state index contributed by atoms with van der Waals surface area (Å²) in [6.45, 7) is 3.86. The van der Waals surface area contributed by atoms with Crippen LogP contribution in [-0.2, 0) is 13.0 Å². The monoisotopic (exact) mass is 350 g/mol. The minimum absolute atomic E-state index is 0.885. The van der Waals surface area contributed by atoms with Gasteiger partial charge in [0.25, 0.3) is 0 Å². The van der Waals surface area contributed by atoms with Crippen LogP contribution in [0.1, 0.15) is 23.3 Å². The van der Waals surface area contributed by atoms with Crippen molar-refractivity contribution in [3.8, 4) is 0 Å². The molecule has 0 unspecified atom stereocenters. The van der Waals surface area contributed by atoms with Crippen LogP contribution in [-0.4, -0.2) is 13.1 Å². The van der Waals surface area contributed by atoms with Crippen LogP contribution < -0.4 is 4.90 Å². The minimum Gasteiger partial charge on any atom is -0.331 e. The van der Waals surface area contributed by atoms with Crippen LogP contribution in [0.25, 0.3) is 0 Å². The van der Waals surface area contributed by atoms with Crippen molar-refractivity contribution >= 4 is 27.3 Å². The fraction of sp³-hybridized carbons (Fsp3) is 0.412.